The molecule has 1 aromatic carbocycles. The molecule has 2 heterocycles. The van der Waals surface area contributed by atoms with Crippen LogP contribution in [0.3, 0.4) is 0 Å². The molecule has 0 unspecified atom stereocenters. The number of fused-ring (bicyclic) bond motifs is 1. The molecule has 2 aromatic heterocycles. The highest BCUT2D eigenvalue weighted by atomic mass is 16.5. The van der Waals surface area contributed by atoms with Crippen LogP contribution in [0.1, 0.15) is 24.1 Å². The number of pyridine rings is 2. The molecule has 6 heteroatoms. The van der Waals surface area contributed by atoms with Gasteiger partial charge < -0.3 is 14.2 Å². The molecule has 0 saturated heterocycles. The zero-order chi connectivity index (χ0) is 19.7. The van der Waals surface area contributed by atoms with Crippen LogP contribution in [0.2, 0.25) is 0 Å². The van der Waals surface area contributed by atoms with Gasteiger partial charge in [-0.15, -0.1) is 0 Å². The van der Waals surface area contributed by atoms with Crippen molar-refractivity contribution in [3.05, 3.63) is 64.1 Å². The fourth-order valence-corrected chi connectivity index (χ4v) is 3.52. The molecular formula is C22H22N4O2. The number of rotatable bonds is 6. The normalized spacial score (nSPS) is 13.5. The average Bonchev–Trinajstić information content (AvgIpc) is 3.54. The highest BCUT2D eigenvalue weighted by Gasteiger charge is 2.28. The summed E-state index contributed by atoms with van der Waals surface area (Å²) in [7, 11) is 3.41. The Bertz CT molecular complexity index is 1130. The van der Waals surface area contributed by atoms with Gasteiger partial charge in [0.15, 0.2) is 0 Å². The fourth-order valence-electron chi connectivity index (χ4n) is 3.52. The quantitative estimate of drug-likeness (QED) is 0.660. The number of nitrogens with zero attached hydrogens (tertiary/aromatic N) is 4. The minimum atomic E-state index is -0.0981. The van der Waals surface area contributed by atoms with Gasteiger partial charge in [0.05, 0.1) is 17.8 Å². The highest BCUT2D eigenvalue weighted by Crippen LogP contribution is 2.38. The molecule has 0 bridgehead atoms. The predicted octanol–water partition coefficient (Wildman–Crippen LogP) is 3.50. The second-order valence-corrected chi connectivity index (χ2v) is 7.22. The van der Waals surface area contributed by atoms with Crippen molar-refractivity contribution >= 4 is 22.4 Å². The number of methoxy groups -OCH3 is 1. The summed E-state index contributed by atoms with van der Waals surface area (Å²) in [5.74, 6) is 0.592. The lowest BCUT2D eigenvalue weighted by atomic mass is 10.1. The topological polar surface area (TPSA) is 71.2 Å². The number of ether oxygens (including phenoxy) is 1. The Kier molecular flexibility index (Phi) is 4.84. The number of para-hydroxylation sites is 1. The average molecular weight is 374 g/mol. The van der Waals surface area contributed by atoms with Gasteiger partial charge in [0.1, 0.15) is 17.3 Å². The monoisotopic (exact) mass is 374 g/mol. The van der Waals surface area contributed by atoms with E-state index in [4.69, 9.17) is 4.74 Å². The number of anilines is 2. The van der Waals surface area contributed by atoms with Crippen LogP contribution in [-0.4, -0.2) is 23.2 Å². The van der Waals surface area contributed by atoms with E-state index in [9.17, 15) is 10.1 Å². The molecule has 1 fully saturated rings. The van der Waals surface area contributed by atoms with Crippen molar-refractivity contribution in [2.24, 2.45) is 13.0 Å². The van der Waals surface area contributed by atoms with Gasteiger partial charge in [-0.05, 0) is 37.0 Å². The molecule has 1 saturated carbocycles. The Labute approximate surface area is 163 Å². The minimum Gasteiger partial charge on any atom is -0.380 e. The van der Waals surface area contributed by atoms with Crippen molar-refractivity contribution in [1.82, 2.24) is 9.55 Å². The van der Waals surface area contributed by atoms with Crippen molar-refractivity contribution in [3.8, 4) is 6.07 Å². The van der Waals surface area contributed by atoms with Crippen LogP contribution in [0, 0.1) is 17.2 Å². The summed E-state index contributed by atoms with van der Waals surface area (Å²) in [6.07, 6.45) is 2.37. The molecule has 0 amide bonds. The number of aromatic nitrogens is 2. The van der Waals surface area contributed by atoms with Gasteiger partial charge in [-0.3, -0.25) is 4.79 Å². The van der Waals surface area contributed by atoms with Crippen LogP contribution in [0.5, 0.6) is 0 Å². The van der Waals surface area contributed by atoms with E-state index in [0.717, 1.165) is 23.5 Å². The molecule has 142 valence electrons. The van der Waals surface area contributed by atoms with Gasteiger partial charge >= 0.3 is 0 Å². The molecule has 1 aliphatic rings. The summed E-state index contributed by atoms with van der Waals surface area (Å²) in [5, 5.41) is 9.33. The molecule has 1 aliphatic carbocycles. The van der Waals surface area contributed by atoms with Gasteiger partial charge in [0.25, 0.3) is 5.56 Å². The van der Waals surface area contributed by atoms with Gasteiger partial charge in [0.2, 0.25) is 0 Å². The highest BCUT2D eigenvalue weighted by molar-refractivity contribution is 5.91. The van der Waals surface area contributed by atoms with Crippen molar-refractivity contribution in [2.45, 2.75) is 19.4 Å². The summed E-state index contributed by atoms with van der Waals surface area (Å²) >= 11 is 0. The lowest BCUT2D eigenvalue weighted by molar-refractivity contribution is 0.185. The standard InChI is InChI=1S/C22H22N4O2/c1-25-19-10-9-17(12-23)24-22(19)20(11-21(25)27)26(13-15-7-8-15)18-6-4-3-5-16(18)14-28-2/h3-6,9-11,15H,7-8,13-14H2,1-2H3. The fraction of sp³-hybridized carbons (Fsp3) is 0.318. The van der Waals surface area contributed by atoms with E-state index in [1.807, 2.05) is 24.3 Å². The Morgan fingerprint density at radius 3 is 2.75 bits per heavy atom. The number of hydrogen-bond acceptors (Lipinski definition) is 5. The summed E-state index contributed by atoms with van der Waals surface area (Å²) in [5.41, 5.74) is 4.42. The Morgan fingerprint density at radius 2 is 2.04 bits per heavy atom. The molecule has 0 spiro atoms. The number of hydrogen-bond donors (Lipinski definition) is 0. The molecule has 0 aliphatic heterocycles. The van der Waals surface area contributed by atoms with Crippen LogP contribution in [0.4, 0.5) is 11.4 Å². The summed E-state index contributed by atoms with van der Waals surface area (Å²) in [6, 6.07) is 15.2. The molecule has 3 aromatic rings. The first-order valence-corrected chi connectivity index (χ1v) is 9.37. The second-order valence-electron chi connectivity index (χ2n) is 7.22. The lowest BCUT2D eigenvalue weighted by Crippen LogP contribution is -2.26. The SMILES string of the molecule is COCc1ccccc1N(CC1CC1)c1cc(=O)n(C)c2ccc(C#N)nc12. The first-order chi connectivity index (χ1) is 13.6. The van der Waals surface area contributed by atoms with Gasteiger partial charge in [0, 0.05) is 38.0 Å². The first kappa shape index (κ1) is 18.2. The van der Waals surface area contributed by atoms with Crippen LogP contribution in [-0.2, 0) is 18.4 Å². The van der Waals surface area contributed by atoms with Crippen LogP contribution >= 0.6 is 0 Å². The molecule has 6 nitrogen and oxygen atoms in total. The molecule has 0 N–H and O–H groups in total. The maximum atomic E-state index is 12.7. The third kappa shape index (κ3) is 3.37. The van der Waals surface area contributed by atoms with Crippen LogP contribution in [0.25, 0.3) is 11.0 Å². The summed E-state index contributed by atoms with van der Waals surface area (Å²) < 4.78 is 6.96. The van der Waals surface area contributed by atoms with E-state index in [1.165, 1.54) is 12.8 Å². The van der Waals surface area contributed by atoms with Crippen LogP contribution < -0.4 is 10.5 Å². The van der Waals surface area contributed by atoms with Crippen molar-refractivity contribution < 1.29 is 4.74 Å². The summed E-state index contributed by atoms with van der Waals surface area (Å²) in [6.45, 7) is 1.29. The number of benzene rings is 1. The lowest BCUT2D eigenvalue weighted by Gasteiger charge is -2.28. The maximum absolute atomic E-state index is 12.7. The van der Waals surface area contributed by atoms with Gasteiger partial charge in [-0.25, -0.2) is 4.98 Å². The van der Waals surface area contributed by atoms with E-state index in [1.54, 1.807) is 36.9 Å². The van der Waals surface area contributed by atoms with E-state index in [2.05, 4.69) is 16.0 Å². The van der Waals surface area contributed by atoms with E-state index >= 15 is 0 Å². The predicted molar refractivity (Wildman–Crippen MR) is 109 cm³/mol. The molecule has 28 heavy (non-hydrogen) atoms. The Morgan fingerprint density at radius 1 is 1.25 bits per heavy atom. The molecule has 0 radical (unpaired) electrons. The van der Waals surface area contributed by atoms with Crippen molar-refractivity contribution in [1.29, 1.82) is 5.26 Å². The van der Waals surface area contributed by atoms with Crippen molar-refractivity contribution in [2.75, 3.05) is 18.6 Å². The zero-order valence-electron chi connectivity index (χ0n) is 16.1. The first-order valence-electron chi connectivity index (χ1n) is 9.37. The molecule has 4 rings (SSSR count). The number of aryl methyl sites for hydroxylation is 1. The second kappa shape index (κ2) is 7.45. The van der Waals surface area contributed by atoms with Gasteiger partial charge in [-0.2, -0.15) is 5.26 Å². The van der Waals surface area contributed by atoms with E-state index in [-0.39, 0.29) is 5.56 Å². The molecular weight excluding hydrogens is 352 g/mol. The smallest absolute Gasteiger partial charge is 0.252 e. The Balaban J connectivity index is 1.97. The van der Waals surface area contributed by atoms with Gasteiger partial charge in [-0.1, -0.05) is 18.2 Å². The number of nitriles is 1. The van der Waals surface area contributed by atoms with E-state index in [0.29, 0.717) is 29.3 Å². The molecule has 0 atom stereocenters. The third-order valence-electron chi connectivity index (χ3n) is 5.19. The maximum Gasteiger partial charge on any atom is 0.252 e. The van der Waals surface area contributed by atoms with E-state index < -0.39 is 0 Å². The largest absolute Gasteiger partial charge is 0.380 e. The Hall–Kier alpha value is -3.17. The zero-order valence-corrected chi connectivity index (χ0v) is 16.1. The summed E-state index contributed by atoms with van der Waals surface area (Å²) in [4.78, 5) is 19.4. The minimum absolute atomic E-state index is 0.0981. The van der Waals surface area contributed by atoms with Crippen LogP contribution in [0.15, 0.2) is 47.3 Å². The van der Waals surface area contributed by atoms with Crippen molar-refractivity contribution in [3.63, 3.8) is 0 Å². The third-order valence-corrected chi connectivity index (χ3v) is 5.19.